The van der Waals surface area contributed by atoms with Crippen LogP contribution in [0.15, 0.2) is 83.6 Å². The molecule has 2 aliphatic heterocycles. The number of aryl methyl sites for hydroxylation is 2. The van der Waals surface area contributed by atoms with Gasteiger partial charge in [-0.1, -0.05) is 102 Å². The molecule has 7 rings (SSSR count). The molecule has 3 nitrogen and oxygen atoms in total. The summed E-state index contributed by atoms with van der Waals surface area (Å²) >= 11 is 0. The Hall–Kier alpha value is -3.46. The van der Waals surface area contributed by atoms with Crippen molar-refractivity contribution in [3.63, 3.8) is 0 Å². The van der Waals surface area contributed by atoms with E-state index in [9.17, 15) is 9.59 Å². The van der Waals surface area contributed by atoms with Gasteiger partial charge in [0.05, 0.1) is 11.5 Å². The van der Waals surface area contributed by atoms with E-state index in [1.807, 2.05) is 43.0 Å². The van der Waals surface area contributed by atoms with Crippen molar-refractivity contribution in [2.75, 3.05) is 0 Å². The van der Waals surface area contributed by atoms with Crippen LogP contribution in [-0.2, 0) is 11.2 Å². The number of carbonyl (C=O) groups is 2. The molecule has 0 saturated carbocycles. The minimum atomic E-state index is -0.414. The minimum absolute atomic E-state index is 0. The highest BCUT2D eigenvalue weighted by Gasteiger charge is 2.67. The quantitative estimate of drug-likeness (QED) is 0.228. The fraction of sp³-hybridized carbons (Fsp3) is 0.368. The van der Waals surface area contributed by atoms with E-state index in [2.05, 4.69) is 84.4 Å². The molecular formula is C38H45NO2. The molecule has 2 aromatic carbocycles. The van der Waals surface area contributed by atoms with Crippen molar-refractivity contribution in [3.8, 4) is 11.1 Å². The summed E-state index contributed by atoms with van der Waals surface area (Å²) in [5.74, 6) is 1.07. The van der Waals surface area contributed by atoms with Crippen LogP contribution in [-0.4, -0.2) is 22.6 Å². The second-order valence-electron chi connectivity index (χ2n) is 11.4. The van der Waals surface area contributed by atoms with Crippen molar-refractivity contribution in [1.82, 2.24) is 4.90 Å². The van der Waals surface area contributed by atoms with E-state index < -0.39 is 5.41 Å². The Balaban J connectivity index is 0.000000178. The van der Waals surface area contributed by atoms with Crippen LogP contribution in [0, 0.1) is 37.0 Å². The standard InChI is InChI=1S/C19H21NO.C16H14O.C2H6.CH4/c1-5-19(12(3)15-8-9-15)17-11(2)16(10-14-6-7-14)13(4)20(17)18(19)21;1-3-11-7-8-12-14(9-11)16(17)13-6-4-5-10(2)15(12)13;1-2;/h5-9,11-12,17H,1,10H2,2-4H3;4-9H,3H2,1-2H3;1-2H3;1H4/t11-,12-,17+,19+;;;/m0.../s1. The van der Waals surface area contributed by atoms with Crippen LogP contribution >= 0.6 is 0 Å². The first-order valence-electron chi connectivity index (χ1n) is 14.8. The van der Waals surface area contributed by atoms with Gasteiger partial charge in [0, 0.05) is 35.6 Å². The molecule has 4 atom stereocenters. The predicted octanol–water partition coefficient (Wildman–Crippen LogP) is 9.04. The number of benzene rings is 2. The number of fused-ring (bicyclic) bond motifs is 4. The average molecular weight is 548 g/mol. The van der Waals surface area contributed by atoms with Gasteiger partial charge in [0.2, 0.25) is 5.91 Å². The first-order valence-corrected chi connectivity index (χ1v) is 14.8. The number of nitrogens with zero attached hydrogens (tertiary/aromatic N) is 1. The van der Waals surface area contributed by atoms with E-state index in [1.54, 1.807) is 0 Å². The van der Waals surface area contributed by atoms with E-state index in [0.717, 1.165) is 35.1 Å². The van der Waals surface area contributed by atoms with E-state index in [1.165, 1.54) is 33.5 Å². The highest BCUT2D eigenvalue weighted by Crippen LogP contribution is 2.60. The zero-order valence-corrected chi connectivity index (χ0v) is 25.0. The summed E-state index contributed by atoms with van der Waals surface area (Å²) in [7, 11) is 0. The second-order valence-corrected chi connectivity index (χ2v) is 11.4. The molecule has 3 heteroatoms. The van der Waals surface area contributed by atoms with Crippen LogP contribution in [0.5, 0.6) is 0 Å². The minimum Gasteiger partial charge on any atom is -0.311 e. The average Bonchev–Trinajstić information content (AvgIpc) is 3.90. The number of allylic oxidation sites excluding steroid dienone is 5. The first kappa shape index (κ1) is 30.5. The topological polar surface area (TPSA) is 37.4 Å². The Kier molecular flexibility index (Phi) is 8.50. The Morgan fingerprint density at radius 2 is 1.71 bits per heavy atom. The van der Waals surface area contributed by atoms with Gasteiger partial charge in [-0.25, -0.2) is 0 Å². The highest BCUT2D eigenvalue weighted by molar-refractivity contribution is 6.22. The van der Waals surface area contributed by atoms with Crippen molar-refractivity contribution in [2.45, 2.75) is 74.8 Å². The summed E-state index contributed by atoms with van der Waals surface area (Å²) in [4.78, 5) is 27.3. The Labute approximate surface area is 247 Å². The third-order valence-corrected chi connectivity index (χ3v) is 9.44. The molecule has 2 aromatic rings. The van der Waals surface area contributed by atoms with Crippen molar-refractivity contribution < 1.29 is 9.59 Å². The van der Waals surface area contributed by atoms with Gasteiger partial charge >= 0.3 is 0 Å². The molecule has 0 bridgehead atoms. The molecule has 0 spiro atoms. The maximum atomic E-state index is 12.9. The Morgan fingerprint density at radius 1 is 1.02 bits per heavy atom. The lowest BCUT2D eigenvalue weighted by atomic mass is 9.59. The zero-order chi connectivity index (χ0) is 28.9. The summed E-state index contributed by atoms with van der Waals surface area (Å²) in [5, 5.41) is 0. The van der Waals surface area contributed by atoms with Gasteiger partial charge in [-0.15, -0.1) is 6.58 Å². The van der Waals surface area contributed by atoms with Crippen molar-refractivity contribution in [2.24, 2.45) is 17.3 Å². The SMILES string of the molecule is C.C=C[C@]1([C@@H](C)C2=C[CH]2)C(=O)N2C(C)=C(CC3=C[CH]3)[C@H](C)[C@@H]21.CC.CCc1ccc2c(c1)C(=O)c1cccc(C)c1-2. The third-order valence-electron chi connectivity index (χ3n) is 9.44. The van der Waals surface area contributed by atoms with Crippen molar-refractivity contribution in [3.05, 3.63) is 119 Å². The van der Waals surface area contributed by atoms with Crippen LogP contribution in [0.4, 0.5) is 0 Å². The molecule has 214 valence electrons. The van der Waals surface area contributed by atoms with Gasteiger partial charge in [0.15, 0.2) is 5.78 Å². The van der Waals surface area contributed by atoms with Crippen molar-refractivity contribution in [1.29, 1.82) is 0 Å². The molecule has 1 fully saturated rings. The fourth-order valence-corrected chi connectivity index (χ4v) is 6.98. The number of rotatable bonds is 6. The normalized spacial score (nSPS) is 24.6. The molecule has 0 aromatic heterocycles. The number of ketones is 1. The monoisotopic (exact) mass is 547 g/mol. The molecule has 41 heavy (non-hydrogen) atoms. The van der Waals surface area contributed by atoms with E-state index >= 15 is 0 Å². The number of amides is 1. The van der Waals surface area contributed by atoms with Gasteiger partial charge in [0.25, 0.3) is 0 Å². The number of hydrogen-bond donors (Lipinski definition) is 0. The molecule has 5 aliphatic rings. The van der Waals surface area contributed by atoms with Crippen LogP contribution in [0.1, 0.15) is 82.4 Å². The Morgan fingerprint density at radius 3 is 2.29 bits per heavy atom. The van der Waals surface area contributed by atoms with Gasteiger partial charge < -0.3 is 4.90 Å². The molecular weight excluding hydrogens is 502 g/mol. The molecule has 1 saturated heterocycles. The zero-order valence-electron chi connectivity index (χ0n) is 25.0. The van der Waals surface area contributed by atoms with Crippen LogP contribution < -0.4 is 0 Å². The van der Waals surface area contributed by atoms with Crippen LogP contribution in [0.2, 0.25) is 0 Å². The summed E-state index contributed by atoms with van der Waals surface area (Å²) in [6.07, 6.45) is 12.5. The lowest BCUT2D eigenvalue weighted by molar-refractivity contribution is -0.165. The summed E-state index contributed by atoms with van der Waals surface area (Å²) in [5.41, 5.74) is 11.2. The number of β-lactam (4-membered cyclic amide) rings is 1. The molecule has 1 amide bonds. The summed E-state index contributed by atoms with van der Waals surface area (Å²) in [6, 6.07) is 12.4. The predicted molar refractivity (Wildman–Crippen MR) is 171 cm³/mol. The smallest absolute Gasteiger partial charge is 0.239 e. The van der Waals surface area contributed by atoms with Gasteiger partial charge in [-0.3, -0.25) is 9.59 Å². The first-order chi connectivity index (χ1) is 19.2. The third kappa shape index (κ3) is 4.68. The molecule has 2 heterocycles. The van der Waals surface area contributed by atoms with Crippen LogP contribution in [0.25, 0.3) is 11.1 Å². The Bertz CT molecular complexity index is 1500. The van der Waals surface area contributed by atoms with Crippen LogP contribution in [0.3, 0.4) is 0 Å². The summed E-state index contributed by atoms with van der Waals surface area (Å²) in [6.45, 7) is 18.8. The summed E-state index contributed by atoms with van der Waals surface area (Å²) < 4.78 is 0. The van der Waals surface area contributed by atoms with Gasteiger partial charge in [-0.05, 0) is 66.5 Å². The molecule has 0 unspecified atom stereocenters. The number of hydrogen-bond acceptors (Lipinski definition) is 2. The van der Waals surface area contributed by atoms with Crippen molar-refractivity contribution >= 4 is 11.7 Å². The molecule has 2 radical (unpaired) electrons. The van der Waals surface area contributed by atoms with E-state index in [-0.39, 0.29) is 31.1 Å². The van der Waals surface area contributed by atoms with E-state index in [4.69, 9.17) is 0 Å². The second kappa shape index (κ2) is 11.4. The largest absolute Gasteiger partial charge is 0.311 e. The van der Waals surface area contributed by atoms with Gasteiger partial charge in [-0.2, -0.15) is 0 Å². The van der Waals surface area contributed by atoms with E-state index in [0.29, 0.717) is 5.92 Å². The molecule has 0 N–H and O–H groups in total. The fourth-order valence-electron chi connectivity index (χ4n) is 6.98. The van der Waals surface area contributed by atoms with Gasteiger partial charge in [0.1, 0.15) is 0 Å². The number of carbonyl (C=O) groups excluding carboxylic acids is 2. The maximum Gasteiger partial charge on any atom is 0.239 e. The lowest BCUT2D eigenvalue weighted by Crippen LogP contribution is -2.69. The molecule has 3 aliphatic carbocycles. The maximum absolute atomic E-state index is 12.9. The highest BCUT2D eigenvalue weighted by atomic mass is 16.2. The lowest BCUT2D eigenvalue weighted by Gasteiger charge is -2.56.